The van der Waals surface area contributed by atoms with Gasteiger partial charge >= 0.3 is 0 Å². The third kappa shape index (κ3) is 3.96. The summed E-state index contributed by atoms with van der Waals surface area (Å²) in [5.74, 6) is 0.591. The van der Waals surface area contributed by atoms with Crippen molar-refractivity contribution in [2.24, 2.45) is 5.92 Å². The fourth-order valence-electron chi connectivity index (χ4n) is 2.87. The van der Waals surface area contributed by atoms with Crippen molar-refractivity contribution in [3.63, 3.8) is 0 Å². The van der Waals surface area contributed by atoms with Crippen LogP contribution in [0.5, 0.6) is 11.5 Å². The molecule has 1 amide bonds. The van der Waals surface area contributed by atoms with Crippen molar-refractivity contribution in [1.82, 2.24) is 5.32 Å². The molecule has 0 spiro atoms. The van der Waals surface area contributed by atoms with E-state index in [9.17, 15) is 13.2 Å². The SMILES string of the molecule is COc1cc(C)c([C@@H](C)NC(=O)[C@H]2CCS(=O)(=O)C2)cc1OC. The zero-order valence-corrected chi connectivity index (χ0v) is 14.7. The molecule has 1 aliphatic rings. The summed E-state index contributed by atoms with van der Waals surface area (Å²) < 4.78 is 33.6. The lowest BCUT2D eigenvalue weighted by molar-refractivity contribution is -0.124. The number of carbonyl (C=O) groups is 1. The maximum absolute atomic E-state index is 12.3. The first kappa shape index (κ1) is 17.6. The van der Waals surface area contributed by atoms with Gasteiger partial charge in [0.25, 0.3) is 0 Å². The lowest BCUT2D eigenvalue weighted by Crippen LogP contribution is -2.33. The topological polar surface area (TPSA) is 81.7 Å². The highest BCUT2D eigenvalue weighted by Crippen LogP contribution is 2.33. The minimum Gasteiger partial charge on any atom is -0.493 e. The molecule has 0 saturated carbocycles. The molecular formula is C16H23NO5S. The second-order valence-electron chi connectivity index (χ2n) is 5.89. The van der Waals surface area contributed by atoms with Crippen LogP contribution >= 0.6 is 0 Å². The van der Waals surface area contributed by atoms with Gasteiger partial charge in [0.1, 0.15) is 0 Å². The van der Waals surface area contributed by atoms with Crippen LogP contribution in [0.25, 0.3) is 0 Å². The Hall–Kier alpha value is -1.76. The van der Waals surface area contributed by atoms with Gasteiger partial charge in [0, 0.05) is 0 Å². The molecule has 0 radical (unpaired) electrons. The fourth-order valence-corrected chi connectivity index (χ4v) is 4.62. The zero-order valence-electron chi connectivity index (χ0n) is 13.9. The summed E-state index contributed by atoms with van der Waals surface area (Å²) >= 11 is 0. The van der Waals surface area contributed by atoms with Gasteiger partial charge in [-0.25, -0.2) is 8.42 Å². The summed E-state index contributed by atoms with van der Waals surface area (Å²) in [6.45, 7) is 3.80. The summed E-state index contributed by atoms with van der Waals surface area (Å²) in [6.07, 6.45) is 0.395. The molecule has 1 aromatic rings. The molecule has 0 aromatic heterocycles. The number of aryl methyl sites for hydroxylation is 1. The van der Waals surface area contributed by atoms with Gasteiger partial charge in [-0.15, -0.1) is 0 Å². The van der Waals surface area contributed by atoms with Crippen LogP contribution in [0.4, 0.5) is 0 Å². The maximum Gasteiger partial charge on any atom is 0.224 e. The Bertz CT molecular complexity index is 699. The molecule has 1 aromatic carbocycles. The fraction of sp³-hybridized carbons (Fsp3) is 0.562. The maximum atomic E-state index is 12.3. The molecule has 2 rings (SSSR count). The molecule has 1 heterocycles. The largest absolute Gasteiger partial charge is 0.493 e. The van der Waals surface area contributed by atoms with Crippen LogP contribution in [-0.2, 0) is 14.6 Å². The predicted molar refractivity (Wildman–Crippen MR) is 87.6 cm³/mol. The zero-order chi connectivity index (χ0) is 17.2. The van der Waals surface area contributed by atoms with Gasteiger partial charge < -0.3 is 14.8 Å². The highest BCUT2D eigenvalue weighted by Gasteiger charge is 2.33. The van der Waals surface area contributed by atoms with E-state index in [1.54, 1.807) is 14.2 Å². The van der Waals surface area contributed by atoms with Crippen molar-refractivity contribution in [2.45, 2.75) is 26.3 Å². The predicted octanol–water partition coefficient (Wildman–Crippen LogP) is 1.62. The number of ether oxygens (including phenoxy) is 2. The molecule has 128 valence electrons. The average Bonchev–Trinajstić information content (AvgIpc) is 2.86. The van der Waals surface area contributed by atoms with Crippen LogP contribution in [0, 0.1) is 12.8 Å². The van der Waals surface area contributed by atoms with Gasteiger partial charge in [-0.1, -0.05) is 0 Å². The van der Waals surface area contributed by atoms with E-state index in [-0.39, 0.29) is 23.5 Å². The molecule has 7 heteroatoms. The number of methoxy groups -OCH3 is 2. The molecule has 0 bridgehead atoms. The van der Waals surface area contributed by atoms with Crippen molar-refractivity contribution in [3.8, 4) is 11.5 Å². The van der Waals surface area contributed by atoms with E-state index in [4.69, 9.17) is 9.47 Å². The Kier molecular flexibility index (Phi) is 5.19. The highest BCUT2D eigenvalue weighted by atomic mass is 32.2. The van der Waals surface area contributed by atoms with Crippen molar-refractivity contribution >= 4 is 15.7 Å². The molecule has 23 heavy (non-hydrogen) atoms. The van der Waals surface area contributed by atoms with Gasteiger partial charge in [-0.3, -0.25) is 4.79 Å². The van der Waals surface area contributed by atoms with Crippen LogP contribution in [-0.4, -0.2) is 40.1 Å². The number of carbonyl (C=O) groups excluding carboxylic acids is 1. The monoisotopic (exact) mass is 341 g/mol. The van der Waals surface area contributed by atoms with Crippen LogP contribution in [0.3, 0.4) is 0 Å². The minimum absolute atomic E-state index is 0.0591. The van der Waals surface area contributed by atoms with Gasteiger partial charge in [-0.05, 0) is 43.5 Å². The van der Waals surface area contributed by atoms with Crippen molar-refractivity contribution < 1.29 is 22.7 Å². The third-order valence-corrected chi connectivity index (χ3v) is 5.97. The van der Waals surface area contributed by atoms with Crippen molar-refractivity contribution in [1.29, 1.82) is 0 Å². The van der Waals surface area contributed by atoms with E-state index in [1.807, 2.05) is 26.0 Å². The number of amides is 1. The number of hydrogen-bond acceptors (Lipinski definition) is 5. The summed E-state index contributed by atoms with van der Waals surface area (Å²) in [5, 5.41) is 2.91. The van der Waals surface area contributed by atoms with Crippen LogP contribution in [0.15, 0.2) is 12.1 Å². The first-order chi connectivity index (χ1) is 10.8. The average molecular weight is 341 g/mol. The van der Waals surface area contributed by atoms with Crippen molar-refractivity contribution in [2.75, 3.05) is 25.7 Å². The van der Waals surface area contributed by atoms with Gasteiger partial charge in [-0.2, -0.15) is 0 Å². The Labute approximate surface area is 137 Å². The Balaban J connectivity index is 2.14. The van der Waals surface area contributed by atoms with E-state index in [1.165, 1.54) is 0 Å². The smallest absolute Gasteiger partial charge is 0.224 e. The molecule has 0 aliphatic carbocycles. The molecule has 6 nitrogen and oxygen atoms in total. The second kappa shape index (κ2) is 6.78. The third-order valence-electron chi connectivity index (χ3n) is 4.20. The van der Waals surface area contributed by atoms with Gasteiger partial charge in [0.05, 0.1) is 37.7 Å². The number of hydrogen-bond donors (Lipinski definition) is 1. The standard InChI is InChI=1S/C16H23NO5S/c1-10-7-14(21-3)15(22-4)8-13(10)11(2)17-16(18)12-5-6-23(19,20)9-12/h7-8,11-12H,5-6,9H2,1-4H3,(H,17,18)/t11-,12+/m1/s1. The Morgan fingerprint density at radius 2 is 1.87 bits per heavy atom. The second-order valence-corrected chi connectivity index (χ2v) is 8.12. The van der Waals surface area contributed by atoms with E-state index in [2.05, 4.69) is 5.32 Å². The highest BCUT2D eigenvalue weighted by molar-refractivity contribution is 7.91. The summed E-state index contributed by atoms with van der Waals surface area (Å²) in [4.78, 5) is 12.3. The quantitative estimate of drug-likeness (QED) is 0.880. The molecule has 1 saturated heterocycles. The van der Waals surface area contributed by atoms with E-state index in [0.717, 1.165) is 11.1 Å². The summed E-state index contributed by atoms with van der Waals surface area (Å²) in [5.41, 5.74) is 1.88. The Morgan fingerprint density at radius 3 is 2.39 bits per heavy atom. The number of rotatable bonds is 5. The first-order valence-corrected chi connectivity index (χ1v) is 9.33. The normalized spacial score (nSPS) is 20.8. The van der Waals surface area contributed by atoms with Crippen LogP contribution in [0.2, 0.25) is 0 Å². The molecule has 2 atom stereocenters. The molecule has 1 aliphatic heterocycles. The van der Waals surface area contributed by atoms with Crippen LogP contribution < -0.4 is 14.8 Å². The molecule has 0 unspecified atom stereocenters. The minimum atomic E-state index is -3.07. The van der Waals surface area contributed by atoms with Gasteiger partial charge in [0.15, 0.2) is 21.3 Å². The van der Waals surface area contributed by atoms with E-state index >= 15 is 0 Å². The lowest BCUT2D eigenvalue weighted by atomic mass is 10.00. The van der Waals surface area contributed by atoms with Crippen LogP contribution in [0.1, 0.15) is 30.5 Å². The van der Waals surface area contributed by atoms with Crippen molar-refractivity contribution in [3.05, 3.63) is 23.3 Å². The molecule has 1 fully saturated rings. The van der Waals surface area contributed by atoms with E-state index in [0.29, 0.717) is 17.9 Å². The number of sulfone groups is 1. The lowest BCUT2D eigenvalue weighted by Gasteiger charge is -2.20. The van der Waals surface area contributed by atoms with E-state index < -0.39 is 15.8 Å². The summed E-state index contributed by atoms with van der Waals surface area (Å²) in [6, 6.07) is 3.45. The molecular weight excluding hydrogens is 318 g/mol. The molecule has 1 N–H and O–H groups in total. The first-order valence-electron chi connectivity index (χ1n) is 7.50. The number of benzene rings is 1. The number of nitrogens with one attached hydrogen (secondary N) is 1. The Morgan fingerprint density at radius 1 is 1.26 bits per heavy atom. The van der Waals surface area contributed by atoms with Gasteiger partial charge in [0.2, 0.25) is 5.91 Å². The summed E-state index contributed by atoms with van der Waals surface area (Å²) in [7, 11) is 0.0651.